The molecule has 110 valence electrons. The largest absolute Gasteiger partial charge is 0.482 e. The highest BCUT2D eigenvalue weighted by Crippen LogP contribution is 2.29. The summed E-state index contributed by atoms with van der Waals surface area (Å²) in [6.07, 6.45) is 0. The van der Waals surface area contributed by atoms with Crippen molar-refractivity contribution in [1.82, 2.24) is 4.90 Å². The van der Waals surface area contributed by atoms with E-state index in [9.17, 15) is 9.90 Å². The Bertz CT molecular complexity index is 510. The molecule has 0 aliphatic carbocycles. The fourth-order valence-corrected chi connectivity index (χ4v) is 2.28. The minimum atomic E-state index is -0.753. The van der Waals surface area contributed by atoms with Crippen molar-refractivity contribution in [2.24, 2.45) is 5.92 Å². The van der Waals surface area contributed by atoms with Crippen LogP contribution in [-0.2, 0) is 4.79 Å². The number of amides is 1. The van der Waals surface area contributed by atoms with Gasteiger partial charge in [-0.3, -0.25) is 4.79 Å². The number of nitrogens with zero attached hydrogens (tertiary/aromatic N) is 1. The third kappa shape index (κ3) is 3.07. The van der Waals surface area contributed by atoms with Gasteiger partial charge >= 0.3 is 0 Å². The highest BCUT2D eigenvalue weighted by atomic mass is 35.5. The molecule has 1 N–H and O–H groups in total. The van der Waals surface area contributed by atoms with E-state index in [4.69, 9.17) is 16.3 Å². The predicted molar refractivity (Wildman–Crippen MR) is 78.1 cm³/mol. The summed E-state index contributed by atoms with van der Waals surface area (Å²) in [6.45, 7) is 6.51. The molecular formula is C15H20ClNO3. The van der Waals surface area contributed by atoms with Gasteiger partial charge in [-0.05, 0) is 30.5 Å². The fraction of sp³-hybridized carbons (Fsp3) is 0.533. The van der Waals surface area contributed by atoms with Gasteiger partial charge in [-0.15, -0.1) is 0 Å². The number of likely N-dealkylation sites (tertiary alicyclic amines) is 1. The minimum Gasteiger partial charge on any atom is -0.482 e. The van der Waals surface area contributed by atoms with Gasteiger partial charge in [0.2, 0.25) is 0 Å². The second-order valence-electron chi connectivity index (χ2n) is 5.73. The number of halogens is 1. The molecule has 0 saturated carbocycles. The molecule has 0 aromatic heterocycles. The van der Waals surface area contributed by atoms with E-state index in [0.717, 1.165) is 5.56 Å². The molecule has 0 atom stereocenters. The standard InChI is InChI=1S/C15H20ClNO3/c1-10(2)15(19)8-17(9-15)14(18)7-20-13-6-11(3)4-5-12(13)16/h4-6,10,19H,7-9H2,1-3H3. The van der Waals surface area contributed by atoms with Gasteiger partial charge in [-0.2, -0.15) is 0 Å². The molecule has 1 fully saturated rings. The van der Waals surface area contributed by atoms with E-state index >= 15 is 0 Å². The molecule has 1 aliphatic rings. The minimum absolute atomic E-state index is 0.0582. The van der Waals surface area contributed by atoms with Crippen LogP contribution in [-0.4, -0.2) is 41.2 Å². The van der Waals surface area contributed by atoms with Crippen molar-refractivity contribution in [1.29, 1.82) is 0 Å². The molecule has 0 unspecified atom stereocenters. The van der Waals surface area contributed by atoms with Crippen molar-refractivity contribution in [3.8, 4) is 5.75 Å². The molecule has 0 spiro atoms. The quantitative estimate of drug-likeness (QED) is 0.927. The number of carbonyl (C=O) groups excluding carboxylic acids is 1. The van der Waals surface area contributed by atoms with Gasteiger partial charge < -0.3 is 14.7 Å². The first-order valence-electron chi connectivity index (χ1n) is 6.71. The Balaban J connectivity index is 1.87. The smallest absolute Gasteiger partial charge is 0.260 e. The first kappa shape index (κ1) is 15.1. The van der Waals surface area contributed by atoms with E-state index in [1.165, 1.54) is 0 Å². The first-order valence-corrected chi connectivity index (χ1v) is 7.09. The Morgan fingerprint density at radius 2 is 2.15 bits per heavy atom. The molecule has 1 saturated heterocycles. The van der Waals surface area contributed by atoms with Gasteiger partial charge in [-0.1, -0.05) is 31.5 Å². The summed E-state index contributed by atoms with van der Waals surface area (Å²) in [5, 5.41) is 10.6. The summed E-state index contributed by atoms with van der Waals surface area (Å²) in [4.78, 5) is 13.6. The van der Waals surface area contributed by atoms with Crippen LogP contribution >= 0.6 is 11.6 Å². The molecule has 1 amide bonds. The van der Waals surface area contributed by atoms with Gasteiger partial charge in [0.25, 0.3) is 5.91 Å². The Labute approximate surface area is 124 Å². The number of hydrogen-bond acceptors (Lipinski definition) is 3. The molecule has 1 aliphatic heterocycles. The molecule has 4 nitrogen and oxygen atoms in total. The highest BCUT2D eigenvalue weighted by Gasteiger charge is 2.45. The zero-order valence-electron chi connectivity index (χ0n) is 12.0. The average molecular weight is 298 g/mol. The zero-order valence-corrected chi connectivity index (χ0v) is 12.8. The molecule has 1 aromatic carbocycles. The third-order valence-electron chi connectivity index (χ3n) is 3.79. The van der Waals surface area contributed by atoms with Crippen molar-refractivity contribution in [3.63, 3.8) is 0 Å². The van der Waals surface area contributed by atoms with Crippen LogP contribution in [0.1, 0.15) is 19.4 Å². The van der Waals surface area contributed by atoms with Crippen LogP contribution in [0.3, 0.4) is 0 Å². The number of carbonyl (C=O) groups is 1. The Kier molecular flexibility index (Phi) is 4.25. The van der Waals surface area contributed by atoms with Gasteiger partial charge in [0.1, 0.15) is 11.4 Å². The predicted octanol–water partition coefficient (Wildman–Crippen LogP) is 2.26. The molecule has 0 bridgehead atoms. The molecule has 2 rings (SSSR count). The third-order valence-corrected chi connectivity index (χ3v) is 4.11. The summed E-state index contributed by atoms with van der Waals surface area (Å²) in [5.74, 6) is 0.520. The lowest BCUT2D eigenvalue weighted by atomic mass is 9.83. The lowest BCUT2D eigenvalue weighted by Gasteiger charge is -2.48. The molecule has 5 heteroatoms. The van der Waals surface area contributed by atoms with Gasteiger partial charge in [0.05, 0.1) is 18.1 Å². The van der Waals surface area contributed by atoms with Crippen LogP contribution in [0.15, 0.2) is 18.2 Å². The van der Waals surface area contributed by atoms with E-state index < -0.39 is 5.60 Å². The molecule has 1 heterocycles. The van der Waals surface area contributed by atoms with Crippen LogP contribution in [0.4, 0.5) is 0 Å². The first-order chi connectivity index (χ1) is 9.32. The number of hydrogen-bond donors (Lipinski definition) is 1. The van der Waals surface area contributed by atoms with Gasteiger partial charge in [-0.25, -0.2) is 0 Å². The Morgan fingerprint density at radius 1 is 1.50 bits per heavy atom. The summed E-state index contributed by atoms with van der Waals surface area (Å²) < 4.78 is 5.46. The maximum Gasteiger partial charge on any atom is 0.260 e. The van der Waals surface area contributed by atoms with Crippen LogP contribution < -0.4 is 4.74 Å². The van der Waals surface area contributed by atoms with E-state index in [1.807, 2.05) is 26.8 Å². The normalized spacial score (nSPS) is 17.0. The van der Waals surface area contributed by atoms with Crippen molar-refractivity contribution >= 4 is 17.5 Å². The number of aliphatic hydroxyl groups is 1. The Morgan fingerprint density at radius 3 is 2.75 bits per heavy atom. The summed E-state index contributed by atoms with van der Waals surface area (Å²) >= 11 is 6.00. The number of rotatable bonds is 4. The summed E-state index contributed by atoms with van der Waals surface area (Å²) in [6, 6.07) is 5.43. The monoisotopic (exact) mass is 297 g/mol. The van der Waals surface area contributed by atoms with Gasteiger partial charge in [0, 0.05) is 0 Å². The second kappa shape index (κ2) is 5.62. The second-order valence-corrected chi connectivity index (χ2v) is 6.14. The highest BCUT2D eigenvalue weighted by molar-refractivity contribution is 6.32. The van der Waals surface area contributed by atoms with Crippen molar-refractivity contribution in [2.45, 2.75) is 26.4 Å². The summed E-state index contributed by atoms with van der Waals surface area (Å²) in [7, 11) is 0. The summed E-state index contributed by atoms with van der Waals surface area (Å²) in [5.41, 5.74) is 0.270. The van der Waals surface area contributed by atoms with Crippen LogP contribution in [0.25, 0.3) is 0 Å². The number of ether oxygens (including phenoxy) is 1. The van der Waals surface area contributed by atoms with E-state index in [2.05, 4.69) is 0 Å². The van der Waals surface area contributed by atoms with Crippen molar-refractivity contribution < 1.29 is 14.6 Å². The van der Waals surface area contributed by atoms with Crippen LogP contribution in [0, 0.1) is 12.8 Å². The average Bonchev–Trinajstić information content (AvgIpc) is 2.35. The molecule has 0 radical (unpaired) electrons. The van der Waals surface area contributed by atoms with E-state index in [-0.39, 0.29) is 18.4 Å². The maximum atomic E-state index is 12.0. The SMILES string of the molecule is Cc1ccc(Cl)c(OCC(=O)N2CC(O)(C(C)C)C2)c1. The molecular weight excluding hydrogens is 278 g/mol. The van der Waals surface area contributed by atoms with Gasteiger partial charge in [0.15, 0.2) is 6.61 Å². The zero-order chi connectivity index (χ0) is 14.9. The fourth-order valence-electron chi connectivity index (χ4n) is 2.11. The molecule has 1 aromatic rings. The number of benzene rings is 1. The van der Waals surface area contributed by atoms with Crippen molar-refractivity contribution in [2.75, 3.05) is 19.7 Å². The molecule has 20 heavy (non-hydrogen) atoms. The van der Waals surface area contributed by atoms with Crippen LogP contribution in [0.2, 0.25) is 5.02 Å². The number of aryl methyl sites for hydroxylation is 1. The number of β-amino-alcohol motifs (C(OH)–C–C–N with tert-alkyl or cyclic N) is 1. The lowest BCUT2D eigenvalue weighted by Crippen LogP contribution is -2.66. The Hall–Kier alpha value is -1.26. The maximum absolute atomic E-state index is 12.0. The van der Waals surface area contributed by atoms with Crippen LogP contribution in [0.5, 0.6) is 5.75 Å². The van der Waals surface area contributed by atoms with Crippen molar-refractivity contribution in [3.05, 3.63) is 28.8 Å². The van der Waals surface area contributed by atoms with E-state index in [0.29, 0.717) is 23.9 Å². The topological polar surface area (TPSA) is 49.8 Å². The van der Waals surface area contributed by atoms with E-state index in [1.54, 1.807) is 17.0 Å². The lowest BCUT2D eigenvalue weighted by molar-refractivity contribution is -0.165.